The van der Waals surface area contributed by atoms with Gasteiger partial charge in [-0.2, -0.15) is 0 Å². The molecule has 1 heterocycles. The van der Waals surface area contributed by atoms with Gasteiger partial charge >= 0.3 is 0 Å². The number of amides is 1. The van der Waals surface area contributed by atoms with Crippen molar-refractivity contribution in [2.45, 2.75) is 0 Å². The number of nitrogens with two attached hydrogens (primary N) is 2. The van der Waals surface area contributed by atoms with Crippen LogP contribution in [0.1, 0.15) is 5.56 Å². The molecule has 22 heavy (non-hydrogen) atoms. The lowest BCUT2D eigenvalue weighted by Crippen LogP contribution is -2.12. The van der Waals surface area contributed by atoms with E-state index in [-0.39, 0.29) is 10.3 Å². The molecule has 0 atom stereocenters. The van der Waals surface area contributed by atoms with Gasteiger partial charge in [-0.05, 0) is 17.7 Å². The zero-order valence-corrected chi connectivity index (χ0v) is 13.3. The Morgan fingerprint density at radius 2 is 2.00 bits per heavy atom. The predicted molar refractivity (Wildman–Crippen MR) is 90.8 cm³/mol. The highest BCUT2D eigenvalue weighted by Gasteiger charge is 2.13. The molecular formula is C14H14ClN5OS. The summed E-state index contributed by atoms with van der Waals surface area (Å²) >= 11 is 11.2. The molecule has 1 aromatic carbocycles. The first kappa shape index (κ1) is 16.0. The Morgan fingerprint density at radius 1 is 1.36 bits per heavy atom. The molecule has 0 saturated heterocycles. The number of carbonyl (C=O) groups is 1. The summed E-state index contributed by atoms with van der Waals surface area (Å²) in [7, 11) is 1.71. The van der Waals surface area contributed by atoms with Crippen molar-refractivity contribution in [3.8, 4) is 11.3 Å². The van der Waals surface area contributed by atoms with Crippen molar-refractivity contribution >= 4 is 41.4 Å². The van der Waals surface area contributed by atoms with Crippen molar-refractivity contribution in [3.63, 3.8) is 0 Å². The SMILES string of the molecule is CNc1nc(=S)c(/C(N)=C/C(N)=O)c(-c2ccc(Cl)cc2)[nH]1. The lowest BCUT2D eigenvalue weighted by molar-refractivity contribution is -0.113. The van der Waals surface area contributed by atoms with E-state index in [0.717, 1.165) is 11.6 Å². The molecule has 6 nitrogen and oxygen atoms in total. The third-order valence-electron chi connectivity index (χ3n) is 2.88. The van der Waals surface area contributed by atoms with Crippen molar-refractivity contribution in [1.82, 2.24) is 9.97 Å². The molecule has 1 amide bonds. The summed E-state index contributed by atoms with van der Waals surface area (Å²) in [5, 5.41) is 3.49. The zero-order valence-electron chi connectivity index (χ0n) is 11.7. The number of H-pyrrole nitrogens is 1. The van der Waals surface area contributed by atoms with Crippen LogP contribution in [-0.2, 0) is 4.79 Å². The maximum atomic E-state index is 11.1. The van der Waals surface area contributed by atoms with Crippen LogP contribution in [-0.4, -0.2) is 22.9 Å². The second kappa shape index (κ2) is 6.59. The van der Waals surface area contributed by atoms with Gasteiger partial charge in [0, 0.05) is 23.8 Å². The standard InChI is InChI=1S/C14H14ClN5OS/c1-18-14-19-12(7-2-4-8(15)5-3-7)11(13(22)20-14)9(16)6-10(17)21/h2-6H,16H2,1H3,(H2,17,21)(H2,18,19,20,22)/b9-6-. The van der Waals surface area contributed by atoms with Gasteiger partial charge in [-0.15, -0.1) is 0 Å². The summed E-state index contributed by atoms with van der Waals surface area (Å²) in [5.41, 5.74) is 13.1. The molecule has 0 fully saturated rings. The van der Waals surface area contributed by atoms with Gasteiger partial charge in [0.05, 0.1) is 11.3 Å². The van der Waals surface area contributed by atoms with Crippen LogP contribution < -0.4 is 16.8 Å². The van der Waals surface area contributed by atoms with Crippen LogP contribution in [0.25, 0.3) is 17.0 Å². The predicted octanol–water partition coefficient (Wildman–Crippen LogP) is 2.29. The minimum absolute atomic E-state index is 0.147. The topological polar surface area (TPSA) is 110 Å². The first-order chi connectivity index (χ1) is 10.4. The van der Waals surface area contributed by atoms with E-state index in [1.54, 1.807) is 19.2 Å². The van der Waals surface area contributed by atoms with E-state index in [2.05, 4.69) is 15.3 Å². The fourth-order valence-electron chi connectivity index (χ4n) is 1.92. The molecule has 0 radical (unpaired) electrons. The van der Waals surface area contributed by atoms with E-state index >= 15 is 0 Å². The second-order valence-electron chi connectivity index (χ2n) is 4.40. The number of rotatable bonds is 4. The van der Waals surface area contributed by atoms with E-state index in [1.807, 2.05) is 12.1 Å². The Bertz CT molecular complexity index is 798. The van der Waals surface area contributed by atoms with Crippen molar-refractivity contribution in [3.05, 3.63) is 45.6 Å². The number of nitrogens with one attached hydrogen (secondary N) is 2. The van der Waals surface area contributed by atoms with Crippen LogP contribution >= 0.6 is 23.8 Å². The molecule has 2 aromatic rings. The zero-order chi connectivity index (χ0) is 16.3. The number of halogens is 1. The number of aromatic amines is 1. The molecule has 0 aliphatic carbocycles. The molecule has 1 aromatic heterocycles. The third-order valence-corrected chi connectivity index (χ3v) is 3.42. The van der Waals surface area contributed by atoms with Gasteiger partial charge < -0.3 is 21.8 Å². The van der Waals surface area contributed by atoms with Gasteiger partial charge in [-0.1, -0.05) is 36.0 Å². The van der Waals surface area contributed by atoms with Crippen molar-refractivity contribution < 1.29 is 4.79 Å². The summed E-state index contributed by atoms with van der Waals surface area (Å²) in [6, 6.07) is 7.10. The van der Waals surface area contributed by atoms with Crippen LogP contribution in [0.2, 0.25) is 5.02 Å². The van der Waals surface area contributed by atoms with Gasteiger partial charge in [0.25, 0.3) is 0 Å². The second-order valence-corrected chi connectivity index (χ2v) is 5.22. The Labute approximate surface area is 137 Å². The first-order valence-electron chi connectivity index (χ1n) is 6.27. The van der Waals surface area contributed by atoms with Crippen molar-refractivity contribution in [2.24, 2.45) is 11.5 Å². The van der Waals surface area contributed by atoms with Gasteiger partial charge in [-0.3, -0.25) is 4.79 Å². The quantitative estimate of drug-likeness (QED) is 0.506. The van der Waals surface area contributed by atoms with Crippen LogP contribution in [0.15, 0.2) is 30.3 Å². The average Bonchev–Trinajstić information content (AvgIpc) is 2.46. The number of hydrogen-bond donors (Lipinski definition) is 4. The van der Waals surface area contributed by atoms with Gasteiger partial charge in [-0.25, -0.2) is 4.98 Å². The maximum Gasteiger partial charge on any atom is 0.243 e. The number of carbonyl (C=O) groups excluding carboxylic acids is 1. The molecule has 0 aliphatic heterocycles. The molecule has 0 spiro atoms. The number of benzene rings is 1. The Hall–Kier alpha value is -2.38. The van der Waals surface area contributed by atoms with E-state index in [9.17, 15) is 4.79 Å². The first-order valence-corrected chi connectivity index (χ1v) is 7.06. The number of aromatic nitrogens is 2. The lowest BCUT2D eigenvalue weighted by Gasteiger charge is -2.12. The smallest absolute Gasteiger partial charge is 0.243 e. The summed E-state index contributed by atoms with van der Waals surface area (Å²) in [5.74, 6) is -0.183. The average molecular weight is 336 g/mol. The van der Waals surface area contributed by atoms with Gasteiger partial charge in [0.2, 0.25) is 11.9 Å². The highest BCUT2D eigenvalue weighted by molar-refractivity contribution is 7.71. The Morgan fingerprint density at radius 3 is 2.55 bits per heavy atom. The molecular weight excluding hydrogens is 322 g/mol. The molecule has 2 rings (SSSR count). The molecule has 8 heteroatoms. The van der Waals surface area contributed by atoms with E-state index in [4.69, 9.17) is 35.3 Å². The van der Waals surface area contributed by atoms with Gasteiger partial charge in [0.1, 0.15) is 4.64 Å². The number of anilines is 1. The summed E-state index contributed by atoms with van der Waals surface area (Å²) in [6.07, 6.45) is 1.11. The van der Waals surface area contributed by atoms with Crippen molar-refractivity contribution in [2.75, 3.05) is 12.4 Å². The Kier molecular flexibility index (Phi) is 4.79. The van der Waals surface area contributed by atoms with Crippen LogP contribution in [0.3, 0.4) is 0 Å². The number of primary amides is 1. The molecule has 0 aliphatic rings. The highest BCUT2D eigenvalue weighted by Crippen LogP contribution is 2.27. The molecule has 114 valence electrons. The Balaban J connectivity index is 2.74. The molecule has 0 saturated carbocycles. The van der Waals surface area contributed by atoms with E-state index < -0.39 is 5.91 Å². The monoisotopic (exact) mass is 335 g/mol. The van der Waals surface area contributed by atoms with E-state index in [0.29, 0.717) is 22.2 Å². The fraction of sp³-hybridized carbons (Fsp3) is 0.0714. The van der Waals surface area contributed by atoms with Crippen LogP contribution in [0.5, 0.6) is 0 Å². The largest absolute Gasteiger partial charge is 0.398 e. The van der Waals surface area contributed by atoms with Crippen molar-refractivity contribution in [1.29, 1.82) is 0 Å². The minimum Gasteiger partial charge on any atom is -0.398 e. The van der Waals surface area contributed by atoms with E-state index in [1.165, 1.54) is 0 Å². The molecule has 0 bridgehead atoms. The maximum absolute atomic E-state index is 11.1. The molecule has 6 N–H and O–H groups in total. The normalized spacial score (nSPS) is 11.3. The summed E-state index contributed by atoms with van der Waals surface area (Å²) in [6.45, 7) is 0. The van der Waals surface area contributed by atoms with Crippen LogP contribution in [0.4, 0.5) is 5.95 Å². The number of hydrogen-bond acceptors (Lipinski definition) is 5. The highest BCUT2D eigenvalue weighted by atomic mass is 35.5. The minimum atomic E-state index is -0.661. The number of nitrogens with zero attached hydrogens (tertiary/aromatic N) is 1. The van der Waals surface area contributed by atoms with Crippen LogP contribution in [0, 0.1) is 4.64 Å². The molecule has 0 unspecified atom stereocenters. The lowest BCUT2D eigenvalue weighted by atomic mass is 10.0. The summed E-state index contributed by atoms with van der Waals surface area (Å²) < 4.78 is 0.253. The summed E-state index contributed by atoms with van der Waals surface area (Å²) in [4.78, 5) is 18.3. The fourth-order valence-corrected chi connectivity index (χ4v) is 2.36. The van der Waals surface area contributed by atoms with Gasteiger partial charge in [0.15, 0.2) is 0 Å². The third kappa shape index (κ3) is 3.44.